The Morgan fingerprint density at radius 3 is 2.15 bits per heavy atom. The highest BCUT2D eigenvalue weighted by Crippen LogP contribution is 2.44. The van der Waals surface area contributed by atoms with Crippen molar-refractivity contribution in [3.8, 4) is 11.1 Å². The summed E-state index contributed by atoms with van der Waals surface area (Å²) in [5.41, 5.74) is 6.07. The van der Waals surface area contributed by atoms with Crippen LogP contribution in [0.5, 0.6) is 0 Å². The van der Waals surface area contributed by atoms with Crippen molar-refractivity contribution >= 4 is 23.7 Å². The molecule has 0 aliphatic heterocycles. The zero-order valence-electron chi connectivity index (χ0n) is 19.0. The van der Waals surface area contributed by atoms with Crippen LogP contribution in [0.1, 0.15) is 46.3 Å². The van der Waals surface area contributed by atoms with Gasteiger partial charge in [0.05, 0.1) is 0 Å². The van der Waals surface area contributed by atoms with Crippen molar-refractivity contribution in [2.45, 2.75) is 32.2 Å². The average molecular weight is 459 g/mol. The number of carboxylic acid groups (broad SMARTS) is 1. The van der Waals surface area contributed by atoms with Crippen LogP contribution in [0.4, 0.5) is 10.5 Å². The highest BCUT2D eigenvalue weighted by Gasteiger charge is 2.29. The summed E-state index contributed by atoms with van der Waals surface area (Å²) in [5.74, 6) is -1.60. The van der Waals surface area contributed by atoms with E-state index in [0.29, 0.717) is 16.8 Å². The van der Waals surface area contributed by atoms with Crippen LogP contribution in [-0.2, 0) is 9.53 Å². The number of aliphatic carboxylic acids is 1. The average Bonchev–Trinajstić information content (AvgIpc) is 3.16. The number of ether oxygens (including phenoxy) is 1. The van der Waals surface area contributed by atoms with Crippen molar-refractivity contribution < 1.29 is 24.2 Å². The monoisotopic (exact) mass is 458 g/mol. The van der Waals surface area contributed by atoms with Gasteiger partial charge in [-0.25, -0.2) is 9.59 Å². The van der Waals surface area contributed by atoms with Gasteiger partial charge >= 0.3 is 12.1 Å². The van der Waals surface area contributed by atoms with Gasteiger partial charge in [-0.3, -0.25) is 10.1 Å². The molecule has 1 aliphatic rings. The molecular weight excluding hydrogens is 432 g/mol. The number of amides is 2. The summed E-state index contributed by atoms with van der Waals surface area (Å²) >= 11 is 0. The molecule has 2 amide bonds. The van der Waals surface area contributed by atoms with E-state index in [1.807, 2.05) is 24.3 Å². The third-order valence-corrected chi connectivity index (χ3v) is 6.08. The van der Waals surface area contributed by atoms with E-state index in [4.69, 9.17) is 9.84 Å². The Bertz CT molecular complexity index is 1210. The van der Waals surface area contributed by atoms with E-state index in [9.17, 15) is 14.4 Å². The number of benzene rings is 3. The summed E-state index contributed by atoms with van der Waals surface area (Å²) in [6.07, 6.45) is -0.305. The van der Waals surface area contributed by atoms with Gasteiger partial charge in [0, 0.05) is 17.2 Å². The molecule has 174 valence electrons. The molecule has 34 heavy (non-hydrogen) atoms. The molecule has 0 aromatic heterocycles. The molecule has 7 heteroatoms. The maximum Gasteiger partial charge on any atom is 0.411 e. The zero-order chi connectivity index (χ0) is 24.2. The van der Waals surface area contributed by atoms with Crippen molar-refractivity contribution in [2.75, 3.05) is 11.9 Å². The lowest BCUT2D eigenvalue weighted by molar-refractivity contribution is -0.139. The second kappa shape index (κ2) is 9.79. The summed E-state index contributed by atoms with van der Waals surface area (Å²) in [6.45, 7) is 3.64. The summed E-state index contributed by atoms with van der Waals surface area (Å²) in [5, 5.41) is 14.3. The largest absolute Gasteiger partial charge is 0.480 e. The lowest BCUT2D eigenvalue weighted by Gasteiger charge is -2.16. The topological polar surface area (TPSA) is 105 Å². The van der Waals surface area contributed by atoms with Crippen LogP contribution >= 0.6 is 0 Å². The van der Waals surface area contributed by atoms with Gasteiger partial charge in [-0.1, -0.05) is 55.5 Å². The van der Waals surface area contributed by atoms with Crippen LogP contribution < -0.4 is 10.6 Å². The van der Waals surface area contributed by atoms with Crippen LogP contribution in [-0.4, -0.2) is 35.7 Å². The van der Waals surface area contributed by atoms with Gasteiger partial charge in [-0.2, -0.15) is 0 Å². The molecule has 1 atom stereocenters. The minimum absolute atomic E-state index is 0.0361. The molecule has 3 aromatic carbocycles. The zero-order valence-corrected chi connectivity index (χ0v) is 19.0. The lowest BCUT2D eigenvalue weighted by atomic mass is 9.98. The number of fused-ring (bicyclic) bond motifs is 3. The standard InChI is InChI=1S/C27H26N2O5/c1-3-23(26(31)32)28-25(30)17-12-13-24(16(2)14-17)29-27(33)34-15-22-20-10-6-4-8-18(20)19-9-5-7-11-21(19)22/h4-14,22-23H,3,15H2,1-2H3,(H,28,30)(H,29,33)(H,31,32). The van der Waals surface area contributed by atoms with E-state index in [1.54, 1.807) is 26.0 Å². The predicted molar refractivity (Wildman–Crippen MR) is 129 cm³/mol. The van der Waals surface area contributed by atoms with E-state index in [0.717, 1.165) is 22.3 Å². The Morgan fingerprint density at radius 1 is 0.971 bits per heavy atom. The molecule has 0 saturated heterocycles. The third kappa shape index (κ3) is 4.64. The number of anilines is 1. The molecule has 0 heterocycles. The molecular formula is C27H26N2O5. The Balaban J connectivity index is 1.40. The van der Waals surface area contributed by atoms with Crippen molar-refractivity contribution in [1.29, 1.82) is 0 Å². The molecule has 3 N–H and O–H groups in total. The third-order valence-electron chi connectivity index (χ3n) is 6.08. The van der Waals surface area contributed by atoms with Gasteiger partial charge < -0.3 is 15.2 Å². The van der Waals surface area contributed by atoms with Gasteiger partial charge in [0.25, 0.3) is 5.91 Å². The van der Waals surface area contributed by atoms with Crippen LogP contribution in [0.2, 0.25) is 0 Å². The fraction of sp³-hybridized carbons (Fsp3) is 0.222. The number of hydrogen-bond donors (Lipinski definition) is 3. The second-order valence-electron chi connectivity index (χ2n) is 8.25. The van der Waals surface area contributed by atoms with E-state index in [2.05, 4.69) is 34.9 Å². The fourth-order valence-electron chi connectivity index (χ4n) is 4.27. The van der Waals surface area contributed by atoms with Crippen molar-refractivity contribution in [2.24, 2.45) is 0 Å². The first-order valence-electron chi connectivity index (χ1n) is 11.1. The van der Waals surface area contributed by atoms with Crippen molar-refractivity contribution in [3.05, 3.63) is 89.0 Å². The van der Waals surface area contributed by atoms with Gasteiger partial charge in [0.1, 0.15) is 12.6 Å². The first kappa shape index (κ1) is 23.0. The van der Waals surface area contributed by atoms with Crippen molar-refractivity contribution in [3.63, 3.8) is 0 Å². The first-order chi connectivity index (χ1) is 16.4. The first-order valence-corrected chi connectivity index (χ1v) is 11.1. The summed E-state index contributed by atoms with van der Waals surface area (Å²) in [4.78, 5) is 36.1. The summed E-state index contributed by atoms with van der Waals surface area (Å²) < 4.78 is 5.58. The second-order valence-corrected chi connectivity index (χ2v) is 8.25. The lowest BCUT2D eigenvalue weighted by Crippen LogP contribution is -2.40. The van der Waals surface area contributed by atoms with Crippen LogP contribution in [0.25, 0.3) is 11.1 Å². The van der Waals surface area contributed by atoms with Crippen LogP contribution in [0.3, 0.4) is 0 Å². The normalized spacial score (nSPS) is 12.9. The quantitative estimate of drug-likeness (QED) is 0.465. The van der Waals surface area contributed by atoms with Crippen LogP contribution in [0.15, 0.2) is 66.7 Å². The molecule has 0 fully saturated rings. The molecule has 0 spiro atoms. The predicted octanol–water partition coefficient (Wildman–Crippen LogP) is 4.95. The molecule has 0 radical (unpaired) electrons. The fourth-order valence-corrected chi connectivity index (χ4v) is 4.27. The van der Waals surface area contributed by atoms with Gasteiger partial charge in [-0.15, -0.1) is 0 Å². The maximum absolute atomic E-state index is 12.5. The number of rotatable bonds is 7. The Morgan fingerprint density at radius 2 is 1.59 bits per heavy atom. The number of hydrogen-bond acceptors (Lipinski definition) is 4. The number of aryl methyl sites for hydroxylation is 1. The summed E-state index contributed by atoms with van der Waals surface area (Å²) in [7, 11) is 0. The van der Waals surface area contributed by atoms with E-state index < -0.39 is 24.0 Å². The molecule has 4 rings (SSSR count). The van der Waals surface area contributed by atoms with E-state index >= 15 is 0 Å². The van der Waals surface area contributed by atoms with Gasteiger partial charge in [0.15, 0.2) is 0 Å². The van der Waals surface area contributed by atoms with Gasteiger partial charge in [-0.05, 0) is 59.4 Å². The van der Waals surface area contributed by atoms with Crippen molar-refractivity contribution in [1.82, 2.24) is 5.32 Å². The van der Waals surface area contributed by atoms with Crippen LogP contribution in [0, 0.1) is 6.92 Å². The summed E-state index contributed by atoms with van der Waals surface area (Å²) in [6, 6.07) is 20.0. The number of carbonyl (C=O) groups is 3. The molecule has 0 saturated carbocycles. The van der Waals surface area contributed by atoms with Gasteiger partial charge in [0.2, 0.25) is 0 Å². The highest BCUT2D eigenvalue weighted by atomic mass is 16.5. The Hall–Kier alpha value is -4.13. The minimum atomic E-state index is -1.08. The minimum Gasteiger partial charge on any atom is -0.480 e. The Kier molecular flexibility index (Phi) is 6.63. The number of nitrogens with one attached hydrogen (secondary N) is 2. The molecule has 1 aliphatic carbocycles. The maximum atomic E-state index is 12.5. The molecule has 0 bridgehead atoms. The highest BCUT2D eigenvalue weighted by molar-refractivity contribution is 5.97. The number of carboxylic acids is 1. The van der Waals surface area contributed by atoms with E-state index in [-0.39, 0.29) is 18.9 Å². The molecule has 3 aromatic rings. The number of carbonyl (C=O) groups excluding carboxylic acids is 2. The molecule has 7 nitrogen and oxygen atoms in total. The SMILES string of the molecule is CCC(NC(=O)c1ccc(NC(=O)OCC2c3ccccc3-c3ccccc32)c(C)c1)C(=O)O. The molecule has 1 unspecified atom stereocenters. The Labute approximate surface area is 197 Å². The smallest absolute Gasteiger partial charge is 0.411 e. The van der Waals surface area contributed by atoms with E-state index in [1.165, 1.54) is 6.07 Å².